The Hall–Kier alpha value is -2.19. The van der Waals surface area contributed by atoms with Gasteiger partial charge in [-0.15, -0.1) is 0 Å². The van der Waals surface area contributed by atoms with Gasteiger partial charge in [-0.1, -0.05) is 20.4 Å². The van der Waals surface area contributed by atoms with Gasteiger partial charge in [0, 0.05) is 25.6 Å². The predicted molar refractivity (Wildman–Crippen MR) is 143 cm³/mol. The van der Waals surface area contributed by atoms with Crippen molar-refractivity contribution in [3.8, 4) is 11.5 Å². The molecule has 0 aromatic heterocycles. The van der Waals surface area contributed by atoms with Crippen LogP contribution in [0.25, 0.3) is 0 Å². The number of rotatable bonds is 11. The molecule has 0 bridgehead atoms. The monoisotopic (exact) mass is 501 g/mol. The highest BCUT2D eigenvalue weighted by Crippen LogP contribution is 2.41. The summed E-state index contributed by atoms with van der Waals surface area (Å²) in [5.41, 5.74) is 1.94. The fourth-order valence-corrected chi connectivity index (χ4v) is 4.54. The highest BCUT2D eigenvalue weighted by atomic mass is 16.6. The van der Waals surface area contributed by atoms with Crippen molar-refractivity contribution in [2.75, 3.05) is 27.4 Å². The molecule has 7 nitrogen and oxygen atoms in total. The molecule has 1 aliphatic rings. The van der Waals surface area contributed by atoms with Crippen molar-refractivity contribution in [1.29, 1.82) is 0 Å². The third-order valence-electron chi connectivity index (χ3n) is 6.41. The van der Waals surface area contributed by atoms with Crippen LogP contribution in [0.3, 0.4) is 0 Å². The summed E-state index contributed by atoms with van der Waals surface area (Å²) >= 11 is 0. The lowest BCUT2D eigenvalue weighted by Crippen LogP contribution is -2.44. The van der Waals surface area contributed by atoms with Gasteiger partial charge in [-0.25, -0.2) is 4.79 Å². The summed E-state index contributed by atoms with van der Waals surface area (Å²) in [6.45, 7) is 16.8. The van der Waals surface area contributed by atoms with Crippen LogP contribution in [0, 0.1) is 5.41 Å². The summed E-state index contributed by atoms with van der Waals surface area (Å²) in [6.07, 6.45) is 1.14. The molecule has 1 aliphatic heterocycles. The Bertz CT molecular complexity index is 908. The Morgan fingerprint density at radius 2 is 1.81 bits per heavy atom. The first-order chi connectivity index (χ1) is 16.7. The number of hydrogen-bond donors (Lipinski definition) is 1. The molecule has 1 aromatic rings. The molecule has 1 aromatic carbocycles. The van der Waals surface area contributed by atoms with E-state index in [2.05, 4.69) is 20.4 Å². The normalized spacial score (nSPS) is 17.7. The number of aliphatic hydroxyl groups excluding tert-OH is 1. The molecular formula is C28H44BNO6. The lowest BCUT2D eigenvalue weighted by Gasteiger charge is -2.39. The van der Waals surface area contributed by atoms with Crippen molar-refractivity contribution in [1.82, 2.24) is 4.90 Å². The van der Waals surface area contributed by atoms with Crippen molar-refractivity contribution < 1.29 is 28.8 Å². The van der Waals surface area contributed by atoms with E-state index >= 15 is 0 Å². The van der Waals surface area contributed by atoms with Crippen molar-refractivity contribution in [2.24, 2.45) is 5.41 Å². The highest BCUT2D eigenvalue weighted by molar-refractivity contribution is 6.10. The SMILES string of the molecule is [B]C(C)OCCC(C)(C)CC(=C)C(O)C[C@@H]1c2cc(OC)c(OC)cc2CCN1C(=O)OC(C)(C)C. The zero-order valence-electron chi connectivity index (χ0n) is 23.3. The van der Waals surface area contributed by atoms with E-state index in [1.54, 1.807) is 26.0 Å². The number of hydrogen-bond acceptors (Lipinski definition) is 6. The molecule has 0 spiro atoms. The Balaban J connectivity index is 2.30. The van der Waals surface area contributed by atoms with Gasteiger partial charge in [0.25, 0.3) is 0 Å². The van der Waals surface area contributed by atoms with E-state index in [9.17, 15) is 9.90 Å². The summed E-state index contributed by atoms with van der Waals surface area (Å²) in [5.74, 6) is 1.22. The van der Waals surface area contributed by atoms with E-state index in [4.69, 9.17) is 26.8 Å². The van der Waals surface area contributed by atoms with Crippen LogP contribution in [-0.2, 0) is 15.9 Å². The van der Waals surface area contributed by atoms with Crippen molar-refractivity contribution in [3.63, 3.8) is 0 Å². The van der Waals surface area contributed by atoms with Crippen LogP contribution in [0.4, 0.5) is 4.79 Å². The molecule has 0 fully saturated rings. The van der Waals surface area contributed by atoms with E-state index < -0.39 is 23.8 Å². The van der Waals surface area contributed by atoms with Gasteiger partial charge >= 0.3 is 6.09 Å². The van der Waals surface area contributed by atoms with E-state index in [-0.39, 0.29) is 11.4 Å². The summed E-state index contributed by atoms with van der Waals surface area (Å²) in [6, 6.07) is 3.14. The number of ether oxygens (including phenoxy) is 4. The van der Waals surface area contributed by atoms with Crippen LogP contribution in [-0.4, -0.2) is 69.0 Å². The van der Waals surface area contributed by atoms with Gasteiger partial charge in [-0.2, -0.15) is 0 Å². The fraction of sp³-hybridized carbons (Fsp3) is 0.679. The molecule has 1 amide bonds. The molecule has 1 N–H and O–H groups in total. The van der Waals surface area contributed by atoms with Crippen LogP contribution >= 0.6 is 0 Å². The Labute approximate surface area is 218 Å². The van der Waals surface area contributed by atoms with Gasteiger partial charge in [-0.3, -0.25) is 0 Å². The molecule has 2 rings (SSSR count). The topological polar surface area (TPSA) is 77.5 Å². The molecule has 2 radical (unpaired) electrons. The minimum Gasteiger partial charge on any atom is -0.493 e. The van der Waals surface area contributed by atoms with Crippen LogP contribution < -0.4 is 9.47 Å². The maximum Gasteiger partial charge on any atom is 0.410 e. The standard InChI is InChI=1S/C28H44BNO6/c1-18(17-28(6,7)11-13-35-19(2)29)23(31)16-22-21-15-25(34-9)24(33-8)14-20(21)10-12-30(22)26(32)36-27(3,4)5/h14-15,19,22-23,31H,1,10-13,16-17H2,2-9H3/t19?,22-,23?/m1/s1. The lowest BCUT2D eigenvalue weighted by atomic mass is 9.80. The molecule has 8 heteroatoms. The predicted octanol–water partition coefficient (Wildman–Crippen LogP) is 5.18. The summed E-state index contributed by atoms with van der Waals surface area (Å²) in [7, 11) is 8.88. The van der Waals surface area contributed by atoms with Gasteiger partial charge in [-0.05, 0) is 81.2 Å². The maximum atomic E-state index is 13.2. The van der Waals surface area contributed by atoms with Crippen molar-refractivity contribution in [2.45, 2.75) is 91.0 Å². The largest absolute Gasteiger partial charge is 0.493 e. The second-order valence-electron chi connectivity index (χ2n) is 11.4. The second-order valence-corrected chi connectivity index (χ2v) is 11.4. The number of amides is 1. The van der Waals surface area contributed by atoms with Gasteiger partial charge < -0.3 is 29.0 Å². The minimum absolute atomic E-state index is 0.126. The average molecular weight is 501 g/mol. The third kappa shape index (κ3) is 8.44. The summed E-state index contributed by atoms with van der Waals surface area (Å²) in [4.78, 5) is 14.9. The van der Waals surface area contributed by atoms with E-state index in [0.717, 1.165) is 23.1 Å². The number of benzene rings is 1. The number of aliphatic hydroxyl groups is 1. The maximum absolute atomic E-state index is 13.2. The van der Waals surface area contributed by atoms with Gasteiger partial charge in [0.1, 0.15) is 13.4 Å². The second kappa shape index (κ2) is 12.4. The third-order valence-corrected chi connectivity index (χ3v) is 6.41. The number of carbonyl (C=O) groups is 1. The molecule has 36 heavy (non-hydrogen) atoms. The number of fused-ring (bicyclic) bond motifs is 1. The Kier molecular flexibility index (Phi) is 10.3. The van der Waals surface area contributed by atoms with Crippen LogP contribution in [0.5, 0.6) is 11.5 Å². The molecule has 2 unspecified atom stereocenters. The van der Waals surface area contributed by atoms with Crippen LogP contribution in [0.15, 0.2) is 24.3 Å². The zero-order valence-corrected chi connectivity index (χ0v) is 23.3. The zero-order chi connectivity index (χ0) is 27.3. The molecule has 0 saturated carbocycles. The van der Waals surface area contributed by atoms with Crippen molar-refractivity contribution >= 4 is 13.9 Å². The molecule has 0 aliphatic carbocycles. The lowest BCUT2D eigenvalue weighted by molar-refractivity contribution is 0.00869. The fourth-order valence-electron chi connectivity index (χ4n) is 4.54. The van der Waals surface area contributed by atoms with E-state index in [1.807, 2.05) is 32.9 Å². The molecule has 200 valence electrons. The van der Waals surface area contributed by atoms with E-state index in [0.29, 0.717) is 43.9 Å². The van der Waals surface area contributed by atoms with Crippen LogP contribution in [0.1, 0.15) is 78.0 Å². The molecule has 1 heterocycles. The molecular weight excluding hydrogens is 457 g/mol. The number of nitrogens with zero attached hydrogens (tertiary/aromatic N) is 1. The van der Waals surface area contributed by atoms with Gasteiger partial charge in [0.05, 0.1) is 26.4 Å². The molecule has 3 atom stereocenters. The first-order valence-corrected chi connectivity index (χ1v) is 12.6. The Morgan fingerprint density at radius 3 is 2.36 bits per heavy atom. The summed E-state index contributed by atoms with van der Waals surface area (Å²) < 4.78 is 22.2. The quantitative estimate of drug-likeness (QED) is 0.333. The Morgan fingerprint density at radius 1 is 1.19 bits per heavy atom. The number of methoxy groups -OCH3 is 2. The van der Waals surface area contributed by atoms with Gasteiger partial charge in [0.2, 0.25) is 0 Å². The van der Waals surface area contributed by atoms with E-state index in [1.165, 1.54) is 0 Å². The first-order valence-electron chi connectivity index (χ1n) is 12.6. The smallest absolute Gasteiger partial charge is 0.410 e. The summed E-state index contributed by atoms with van der Waals surface area (Å²) in [5, 5.41) is 11.2. The van der Waals surface area contributed by atoms with Crippen LogP contribution in [0.2, 0.25) is 0 Å². The average Bonchev–Trinajstić information content (AvgIpc) is 2.76. The molecule has 0 saturated heterocycles. The first kappa shape index (κ1) is 30.0. The number of carbonyl (C=O) groups excluding carboxylic acids is 1. The minimum atomic E-state index is -0.812. The van der Waals surface area contributed by atoms with Gasteiger partial charge in [0.15, 0.2) is 11.5 Å². The van der Waals surface area contributed by atoms with Crippen molar-refractivity contribution in [3.05, 3.63) is 35.4 Å². The highest BCUT2D eigenvalue weighted by Gasteiger charge is 2.36.